The molecule has 0 saturated carbocycles. The predicted octanol–water partition coefficient (Wildman–Crippen LogP) is 4.00. The molecule has 0 bridgehead atoms. The molecule has 2 aromatic heterocycles. The second-order valence-electron chi connectivity index (χ2n) is 7.96. The number of fused-ring (bicyclic) bond motifs is 2. The van der Waals surface area contributed by atoms with Gasteiger partial charge in [-0.15, -0.1) is 10.2 Å². The van der Waals surface area contributed by atoms with E-state index in [1.807, 2.05) is 41.9 Å². The van der Waals surface area contributed by atoms with E-state index in [9.17, 15) is 4.79 Å². The zero-order valence-electron chi connectivity index (χ0n) is 17.4. The highest BCUT2D eigenvalue weighted by Gasteiger charge is 2.33. The molecule has 1 aliphatic rings. The summed E-state index contributed by atoms with van der Waals surface area (Å²) >= 11 is 0. The molecule has 0 fully saturated rings. The zero-order valence-corrected chi connectivity index (χ0v) is 17.4. The van der Waals surface area contributed by atoms with Crippen molar-refractivity contribution in [3.05, 3.63) is 100 Å². The first-order valence-electron chi connectivity index (χ1n) is 10.5. The number of para-hydroxylation sites is 1. The van der Waals surface area contributed by atoms with Crippen LogP contribution in [-0.2, 0) is 7.05 Å². The van der Waals surface area contributed by atoms with Gasteiger partial charge in [-0.25, -0.2) is 5.10 Å². The quantitative estimate of drug-likeness (QED) is 0.477. The number of H-pyrrole nitrogens is 1. The number of anilines is 2. The Balaban J connectivity index is 1.47. The van der Waals surface area contributed by atoms with Gasteiger partial charge in [-0.1, -0.05) is 66.7 Å². The molecule has 7 heteroatoms. The van der Waals surface area contributed by atoms with Crippen LogP contribution in [0.15, 0.2) is 83.7 Å². The van der Waals surface area contributed by atoms with Crippen LogP contribution in [0.2, 0.25) is 0 Å². The third-order valence-electron chi connectivity index (χ3n) is 6.17. The number of rotatable bonds is 3. The monoisotopic (exact) mass is 420 g/mol. The summed E-state index contributed by atoms with van der Waals surface area (Å²) in [5.74, 6) is 1.59. The number of benzene rings is 3. The van der Waals surface area contributed by atoms with Crippen LogP contribution in [0.25, 0.3) is 22.3 Å². The molecule has 1 aliphatic heterocycles. The van der Waals surface area contributed by atoms with Gasteiger partial charge in [-0.05, 0) is 23.3 Å². The minimum Gasteiger partial charge on any atom is -0.309 e. The Labute approximate surface area is 184 Å². The molecule has 0 radical (unpaired) electrons. The van der Waals surface area contributed by atoms with Crippen molar-refractivity contribution in [2.75, 3.05) is 11.4 Å². The second-order valence-corrected chi connectivity index (χ2v) is 7.96. The molecule has 0 amide bonds. The molecular weight excluding hydrogens is 400 g/mol. The fraction of sp³-hybridized carbons (Fsp3) is 0.120. The van der Waals surface area contributed by atoms with Gasteiger partial charge >= 0.3 is 0 Å². The van der Waals surface area contributed by atoms with Gasteiger partial charge in [0.15, 0.2) is 5.82 Å². The molecule has 7 nitrogen and oxygen atoms in total. The van der Waals surface area contributed by atoms with Crippen LogP contribution in [0.5, 0.6) is 0 Å². The molecular formula is C25H20N6O. The predicted molar refractivity (Wildman–Crippen MR) is 124 cm³/mol. The van der Waals surface area contributed by atoms with Crippen molar-refractivity contribution in [2.45, 2.75) is 5.92 Å². The third kappa shape index (κ3) is 2.75. The minimum absolute atomic E-state index is 0.217. The summed E-state index contributed by atoms with van der Waals surface area (Å²) in [6.07, 6.45) is 0. The maximum atomic E-state index is 12.2. The van der Waals surface area contributed by atoms with Crippen molar-refractivity contribution in [3.8, 4) is 11.5 Å². The molecule has 1 atom stereocenters. The summed E-state index contributed by atoms with van der Waals surface area (Å²) in [6.45, 7) is 0.773. The molecule has 156 valence electrons. The molecule has 3 aromatic carbocycles. The summed E-state index contributed by atoms with van der Waals surface area (Å²) in [5.41, 5.74) is 4.07. The van der Waals surface area contributed by atoms with E-state index in [1.165, 1.54) is 11.1 Å². The molecule has 6 rings (SSSR count). The average Bonchev–Trinajstić information content (AvgIpc) is 3.41. The number of hydrogen-bond donors (Lipinski definition) is 1. The lowest BCUT2D eigenvalue weighted by Crippen LogP contribution is -2.20. The Morgan fingerprint density at radius 3 is 2.44 bits per heavy atom. The standard InChI is InChI=1S/C25H20N6O/c1-30-23(22-18-12-5-6-13-19(18)24(32)28-26-22)27-29-25(30)31-15-20(16-9-3-2-4-10-16)17-11-7-8-14-21(17)31/h2-14,20H,15H2,1H3,(H,28,32). The first kappa shape index (κ1) is 18.5. The molecule has 1 unspecified atom stereocenters. The van der Waals surface area contributed by atoms with Crippen LogP contribution < -0.4 is 10.5 Å². The van der Waals surface area contributed by atoms with Crippen molar-refractivity contribution >= 4 is 22.4 Å². The van der Waals surface area contributed by atoms with E-state index in [2.05, 4.69) is 67.8 Å². The van der Waals surface area contributed by atoms with E-state index in [0.717, 1.165) is 23.6 Å². The van der Waals surface area contributed by atoms with E-state index in [1.54, 1.807) is 6.07 Å². The van der Waals surface area contributed by atoms with Crippen molar-refractivity contribution in [1.29, 1.82) is 0 Å². The number of aromatic amines is 1. The van der Waals surface area contributed by atoms with E-state index in [4.69, 9.17) is 0 Å². The number of hydrogen-bond acceptors (Lipinski definition) is 5. The maximum Gasteiger partial charge on any atom is 0.272 e. The lowest BCUT2D eigenvalue weighted by atomic mass is 9.93. The minimum atomic E-state index is -0.217. The smallest absolute Gasteiger partial charge is 0.272 e. The largest absolute Gasteiger partial charge is 0.309 e. The van der Waals surface area contributed by atoms with Gasteiger partial charge < -0.3 is 4.90 Å². The number of nitrogens with zero attached hydrogens (tertiary/aromatic N) is 5. The molecule has 5 aromatic rings. The summed E-state index contributed by atoms with van der Waals surface area (Å²) in [5, 5.41) is 17.2. The number of aromatic nitrogens is 5. The SMILES string of the molecule is Cn1c(-c2n[nH]c(=O)c3ccccc23)nnc1N1CC(c2ccccc2)c2ccccc21. The topological polar surface area (TPSA) is 79.7 Å². The Morgan fingerprint density at radius 1 is 0.875 bits per heavy atom. The van der Waals surface area contributed by atoms with Crippen LogP contribution in [0.4, 0.5) is 11.6 Å². The van der Waals surface area contributed by atoms with E-state index in [-0.39, 0.29) is 11.5 Å². The zero-order chi connectivity index (χ0) is 21.7. The molecule has 0 saturated heterocycles. The Morgan fingerprint density at radius 2 is 1.59 bits per heavy atom. The molecule has 32 heavy (non-hydrogen) atoms. The van der Waals surface area contributed by atoms with Gasteiger partial charge in [0.05, 0.1) is 5.39 Å². The molecule has 3 heterocycles. The molecule has 0 spiro atoms. The summed E-state index contributed by atoms with van der Waals surface area (Å²) in [4.78, 5) is 14.4. The van der Waals surface area contributed by atoms with Crippen molar-refractivity contribution < 1.29 is 0 Å². The van der Waals surface area contributed by atoms with E-state index in [0.29, 0.717) is 16.9 Å². The van der Waals surface area contributed by atoms with Crippen molar-refractivity contribution in [2.24, 2.45) is 7.05 Å². The lowest BCUT2D eigenvalue weighted by molar-refractivity contribution is 0.807. The van der Waals surface area contributed by atoms with Gasteiger partial charge in [-0.2, -0.15) is 5.10 Å². The highest BCUT2D eigenvalue weighted by Crippen LogP contribution is 2.43. The fourth-order valence-corrected chi connectivity index (χ4v) is 4.61. The lowest BCUT2D eigenvalue weighted by Gasteiger charge is -2.18. The van der Waals surface area contributed by atoms with Crippen LogP contribution in [0.3, 0.4) is 0 Å². The van der Waals surface area contributed by atoms with Crippen LogP contribution in [0.1, 0.15) is 17.0 Å². The first-order chi connectivity index (χ1) is 15.7. The van der Waals surface area contributed by atoms with Crippen LogP contribution in [-0.4, -0.2) is 31.5 Å². The van der Waals surface area contributed by atoms with Gasteiger partial charge in [0.1, 0.15) is 5.69 Å². The Kier molecular flexibility index (Phi) is 4.14. The second kappa shape index (κ2) is 7.16. The van der Waals surface area contributed by atoms with E-state index >= 15 is 0 Å². The molecule has 0 aliphatic carbocycles. The van der Waals surface area contributed by atoms with Gasteiger partial charge in [0, 0.05) is 30.6 Å². The van der Waals surface area contributed by atoms with Crippen LogP contribution >= 0.6 is 0 Å². The van der Waals surface area contributed by atoms with Crippen LogP contribution in [0, 0.1) is 0 Å². The summed E-state index contributed by atoms with van der Waals surface area (Å²) < 4.78 is 1.94. The first-order valence-corrected chi connectivity index (χ1v) is 10.5. The van der Waals surface area contributed by atoms with Gasteiger partial charge in [-0.3, -0.25) is 9.36 Å². The number of nitrogens with one attached hydrogen (secondary N) is 1. The normalized spacial score (nSPS) is 15.3. The van der Waals surface area contributed by atoms with E-state index < -0.39 is 0 Å². The van der Waals surface area contributed by atoms with Crippen molar-refractivity contribution in [1.82, 2.24) is 25.0 Å². The summed E-state index contributed by atoms with van der Waals surface area (Å²) in [7, 11) is 1.94. The highest BCUT2D eigenvalue weighted by atomic mass is 16.1. The Bertz CT molecular complexity index is 1500. The fourth-order valence-electron chi connectivity index (χ4n) is 4.61. The highest BCUT2D eigenvalue weighted by molar-refractivity contribution is 5.92. The Hall–Kier alpha value is -4.26. The maximum absolute atomic E-state index is 12.2. The van der Waals surface area contributed by atoms with Gasteiger partial charge in [0.2, 0.25) is 5.95 Å². The summed E-state index contributed by atoms with van der Waals surface area (Å²) in [6, 6.07) is 26.4. The third-order valence-corrected chi connectivity index (χ3v) is 6.17. The molecule has 1 N–H and O–H groups in total. The van der Waals surface area contributed by atoms with Gasteiger partial charge in [0.25, 0.3) is 5.56 Å². The van der Waals surface area contributed by atoms with Crippen molar-refractivity contribution in [3.63, 3.8) is 0 Å². The average molecular weight is 420 g/mol.